The van der Waals surface area contributed by atoms with E-state index in [1.54, 1.807) is 0 Å². The van der Waals surface area contributed by atoms with Gasteiger partial charge in [0, 0.05) is 25.6 Å². The number of piperidine rings is 1. The molecular weight excluding hydrogens is 164 g/mol. The molecule has 0 bridgehead atoms. The van der Waals surface area contributed by atoms with Crippen LogP contribution in [0.15, 0.2) is 0 Å². The molecule has 0 spiro atoms. The Bertz CT molecular complexity index is 182. The van der Waals surface area contributed by atoms with Crippen molar-refractivity contribution in [1.82, 2.24) is 4.90 Å². The number of carbonyl (C=O) groups is 1. The van der Waals surface area contributed by atoms with E-state index in [1.165, 1.54) is 12.8 Å². The maximum Gasteiger partial charge on any atom is 0.218 e. The zero-order chi connectivity index (χ0) is 9.84. The van der Waals surface area contributed by atoms with Crippen LogP contribution in [-0.4, -0.2) is 29.9 Å². The molecule has 0 aromatic carbocycles. The van der Waals surface area contributed by atoms with Gasteiger partial charge in [0.1, 0.15) is 0 Å². The van der Waals surface area contributed by atoms with Gasteiger partial charge in [0.25, 0.3) is 0 Å². The lowest BCUT2D eigenvalue weighted by molar-refractivity contribution is -0.118. The zero-order valence-electron chi connectivity index (χ0n) is 8.62. The highest BCUT2D eigenvalue weighted by Gasteiger charge is 2.22. The van der Waals surface area contributed by atoms with E-state index >= 15 is 0 Å². The molecule has 3 heteroatoms. The molecule has 3 nitrogen and oxygen atoms in total. The second-order valence-corrected chi connectivity index (χ2v) is 4.24. The molecule has 13 heavy (non-hydrogen) atoms. The van der Waals surface area contributed by atoms with Crippen LogP contribution in [0.4, 0.5) is 0 Å². The number of hydrogen-bond acceptors (Lipinski definition) is 2. The minimum absolute atomic E-state index is 0.189. The number of rotatable bonds is 3. The van der Waals surface area contributed by atoms with Gasteiger partial charge in [0.2, 0.25) is 5.91 Å². The van der Waals surface area contributed by atoms with Crippen molar-refractivity contribution in [3.05, 3.63) is 0 Å². The van der Waals surface area contributed by atoms with Gasteiger partial charge in [-0.05, 0) is 25.7 Å². The first-order chi connectivity index (χ1) is 6.09. The van der Waals surface area contributed by atoms with Crippen molar-refractivity contribution < 1.29 is 4.79 Å². The molecule has 0 aliphatic carbocycles. The number of amides is 1. The Morgan fingerprint density at radius 2 is 2.15 bits per heavy atom. The highest BCUT2D eigenvalue weighted by Crippen LogP contribution is 2.20. The summed E-state index contributed by atoms with van der Waals surface area (Å²) in [5, 5.41) is 0. The average molecular weight is 184 g/mol. The molecule has 0 aromatic heterocycles. The lowest BCUT2D eigenvalue weighted by Crippen LogP contribution is -2.42. The predicted molar refractivity (Wildman–Crippen MR) is 53.2 cm³/mol. The van der Waals surface area contributed by atoms with Gasteiger partial charge in [-0.15, -0.1) is 0 Å². The number of carbonyl (C=O) groups excluding carboxylic acids is 1. The normalized spacial score (nSPS) is 30.3. The molecule has 76 valence electrons. The van der Waals surface area contributed by atoms with E-state index in [0.29, 0.717) is 12.5 Å². The maximum atomic E-state index is 10.6. The molecule has 1 amide bonds. The Balaban J connectivity index is 2.33. The van der Waals surface area contributed by atoms with Gasteiger partial charge in [0.05, 0.1) is 0 Å². The Labute approximate surface area is 80.3 Å². The zero-order valence-corrected chi connectivity index (χ0v) is 8.62. The van der Waals surface area contributed by atoms with Gasteiger partial charge in [0.15, 0.2) is 0 Å². The summed E-state index contributed by atoms with van der Waals surface area (Å²) in [6, 6.07) is 0.621. The summed E-state index contributed by atoms with van der Waals surface area (Å²) in [7, 11) is 0. The van der Waals surface area contributed by atoms with E-state index in [1.807, 2.05) is 0 Å². The van der Waals surface area contributed by atoms with Gasteiger partial charge in [-0.3, -0.25) is 9.69 Å². The van der Waals surface area contributed by atoms with E-state index in [4.69, 9.17) is 5.73 Å². The van der Waals surface area contributed by atoms with E-state index in [2.05, 4.69) is 18.7 Å². The molecule has 1 aliphatic heterocycles. The molecule has 1 rings (SSSR count). The molecule has 0 saturated carbocycles. The van der Waals surface area contributed by atoms with Crippen LogP contribution < -0.4 is 5.73 Å². The number of likely N-dealkylation sites (tertiary alicyclic amines) is 1. The van der Waals surface area contributed by atoms with Crippen LogP contribution in [0.3, 0.4) is 0 Å². The van der Waals surface area contributed by atoms with E-state index < -0.39 is 0 Å². The maximum absolute atomic E-state index is 10.6. The summed E-state index contributed by atoms with van der Waals surface area (Å²) in [6.07, 6.45) is 3.06. The molecule has 2 N–H and O–H groups in total. The quantitative estimate of drug-likeness (QED) is 0.710. The topological polar surface area (TPSA) is 46.3 Å². The SMILES string of the molecule is CC1CCC(C)N(CCC(N)=O)C1. The predicted octanol–water partition coefficient (Wildman–Crippen LogP) is 0.982. The summed E-state index contributed by atoms with van der Waals surface area (Å²) in [5.74, 6) is 0.578. The van der Waals surface area contributed by atoms with Gasteiger partial charge >= 0.3 is 0 Å². The summed E-state index contributed by atoms with van der Waals surface area (Å²) in [4.78, 5) is 13.0. The summed E-state index contributed by atoms with van der Waals surface area (Å²) < 4.78 is 0. The Kier molecular flexibility index (Phi) is 3.72. The first-order valence-corrected chi connectivity index (χ1v) is 5.12. The molecule has 1 aliphatic rings. The molecule has 1 fully saturated rings. The van der Waals surface area contributed by atoms with Crippen molar-refractivity contribution in [3.63, 3.8) is 0 Å². The number of nitrogens with zero attached hydrogens (tertiary/aromatic N) is 1. The molecule has 2 unspecified atom stereocenters. The first-order valence-electron chi connectivity index (χ1n) is 5.12. The smallest absolute Gasteiger partial charge is 0.218 e. The van der Waals surface area contributed by atoms with Crippen LogP contribution in [0.1, 0.15) is 33.1 Å². The number of hydrogen-bond donors (Lipinski definition) is 1. The fourth-order valence-corrected chi connectivity index (χ4v) is 1.95. The summed E-state index contributed by atoms with van der Waals surface area (Å²) in [5.41, 5.74) is 5.12. The van der Waals surface area contributed by atoms with Crippen molar-refractivity contribution >= 4 is 5.91 Å². The fourth-order valence-electron chi connectivity index (χ4n) is 1.95. The molecule has 0 aromatic rings. The second-order valence-electron chi connectivity index (χ2n) is 4.24. The largest absolute Gasteiger partial charge is 0.370 e. The summed E-state index contributed by atoms with van der Waals surface area (Å²) >= 11 is 0. The van der Waals surface area contributed by atoms with Crippen molar-refractivity contribution in [1.29, 1.82) is 0 Å². The molecular formula is C10H20N2O. The third-order valence-electron chi connectivity index (χ3n) is 2.89. The highest BCUT2D eigenvalue weighted by atomic mass is 16.1. The Morgan fingerprint density at radius 3 is 2.77 bits per heavy atom. The van der Waals surface area contributed by atoms with Crippen LogP contribution in [0.5, 0.6) is 0 Å². The van der Waals surface area contributed by atoms with Crippen LogP contribution in [0, 0.1) is 5.92 Å². The van der Waals surface area contributed by atoms with Gasteiger partial charge in [-0.25, -0.2) is 0 Å². The lowest BCUT2D eigenvalue weighted by atomic mass is 9.95. The first kappa shape index (κ1) is 10.5. The minimum Gasteiger partial charge on any atom is -0.370 e. The third kappa shape index (κ3) is 3.35. The number of nitrogens with two attached hydrogens (primary N) is 1. The summed E-state index contributed by atoms with van der Waals surface area (Å²) in [6.45, 7) is 6.45. The highest BCUT2D eigenvalue weighted by molar-refractivity contribution is 5.73. The second kappa shape index (κ2) is 4.61. The molecule has 1 heterocycles. The third-order valence-corrected chi connectivity index (χ3v) is 2.89. The van der Waals surface area contributed by atoms with Crippen LogP contribution >= 0.6 is 0 Å². The minimum atomic E-state index is -0.189. The van der Waals surface area contributed by atoms with Crippen molar-refractivity contribution in [3.8, 4) is 0 Å². The Morgan fingerprint density at radius 1 is 1.46 bits per heavy atom. The molecule has 1 saturated heterocycles. The standard InChI is InChI=1S/C10H20N2O/c1-8-3-4-9(2)12(7-8)6-5-10(11)13/h8-9H,3-7H2,1-2H3,(H2,11,13). The van der Waals surface area contributed by atoms with Crippen molar-refractivity contribution in [2.24, 2.45) is 11.7 Å². The Hall–Kier alpha value is -0.570. The monoisotopic (exact) mass is 184 g/mol. The van der Waals surface area contributed by atoms with Gasteiger partial charge in [-0.1, -0.05) is 6.92 Å². The van der Waals surface area contributed by atoms with Crippen molar-refractivity contribution in [2.45, 2.75) is 39.2 Å². The number of primary amides is 1. The average Bonchev–Trinajstić information content (AvgIpc) is 2.06. The van der Waals surface area contributed by atoms with Crippen LogP contribution in [-0.2, 0) is 4.79 Å². The van der Waals surface area contributed by atoms with E-state index in [-0.39, 0.29) is 5.91 Å². The molecule has 2 atom stereocenters. The fraction of sp³-hybridized carbons (Fsp3) is 0.900. The lowest BCUT2D eigenvalue weighted by Gasteiger charge is -2.36. The van der Waals surface area contributed by atoms with E-state index in [0.717, 1.165) is 19.0 Å². The van der Waals surface area contributed by atoms with Crippen LogP contribution in [0.2, 0.25) is 0 Å². The van der Waals surface area contributed by atoms with Gasteiger partial charge in [-0.2, -0.15) is 0 Å². The van der Waals surface area contributed by atoms with Crippen LogP contribution in [0.25, 0.3) is 0 Å². The molecule has 0 radical (unpaired) electrons. The van der Waals surface area contributed by atoms with Crippen molar-refractivity contribution in [2.75, 3.05) is 13.1 Å². The van der Waals surface area contributed by atoms with E-state index in [9.17, 15) is 4.79 Å². The van der Waals surface area contributed by atoms with Gasteiger partial charge < -0.3 is 5.73 Å².